The van der Waals surface area contributed by atoms with Crippen molar-refractivity contribution in [1.29, 1.82) is 0 Å². The molecule has 0 aromatic heterocycles. The maximum Gasteiger partial charge on any atom is 2.00 e. The van der Waals surface area contributed by atoms with Gasteiger partial charge in [-0.2, -0.15) is 0 Å². The first-order valence-corrected chi connectivity index (χ1v) is 0. The third-order valence-electron chi connectivity index (χ3n) is 0. The SMILES string of the molecule is O.O.[Ba+2].[H-].[H-].[Ni]. The molecule has 0 aliphatic heterocycles. The van der Waals surface area contributed by atoms with E-state index in [1.807, 2.05) is 0 Å². The van der Waals surface area contributed by atoms with Crippen LogP contribution in [0, 0.1) is 0 Å². The Balaban J connectivity index is 0. The summed E-state index contributed by atoms with van der Waals surface area (Å²) in [7, 11) is 0. The fourth-order valence-corrected chi connectivity index (χ4v) is 0. The third-order valence-corrected chi connectivity index (χ3v) is 0. The van der Waals surface area contributed by atoms with Crippen LogP contribution in [0.3, 0.4) is 0 Å². The smallest absolute Gasteiger partial charge is 1.00 e. The Morgan fingerprint density at radius 2 is 1.00 bits per heavy atom. The van der Waals surface area contributed by atoms with Crippen molar-refractivity contribution in [2.45, 2.75) is 0 Å². The zero-order chi connectivity index (χ0) is 0. The van der Waals surface area contributed by atoms with Gasteiger partial charge in [0.05, 0.1) is 0 Å². The predicted molar refractivity (Wildman–Crippen MR) is 15.2 cm³/mol. The van der Waals surface area contributed by atoms with Gasteiger partial charge in [0.1, 0.15) is 0 Å². The third kappa shape index (κ3) is 9.01. The van der Waals surface area contributed by atoms with E-state index < -0.39 is 0 Å². The van der Waals surface area contributed by atoms with Crippen molar-refractivity contribution in [3.63, 3.8) is 0 Å². The minimum Gasteiger partial charge on any atom is -1.00 e. The maximum absolute atomic E-state index is 0. The molecule has 4 heavy (non-hydrogen) atoms. The minimum absolute atomic E-state index is 0. The van der Waals surface area contributed by atoms with E-state index in [9.17, 15) is 0 Å². The van der Waals surface area contributed by atoms with Gasteiger partial charge >= 0.3 is 48.9 Å². The van der Waals surface area contributed by atoms with Gasteiger partial charge in [0, 0.05) is 16.5 Å². The molecule has 0 fully saturated rings. The van der Waals surface area contributed by atoms with Crippen LogP contribution >= 0.6 is 0 Å². The van der Waals surface area contributed by atoms with Crippen LogP contribution in [0.1, 0.15) is 2.85 Å². The van der Waals surface area contributed by atoms with Gasteiger partial charge in [0.2, 0.25) is 0 Å². The molecule has 0 unspecified atom stereocenters. The van der Waals surface area contributed by atoms with E-state index in [4.69, 9.17) is 0 Å². The zero-order valence-electron chi connectivity index (χ0n) is 4.02. The molecule has 0 aliphatic rings. The van der Waals surface area contributed by atoms with Crippen molar-refractivity contribution in [3.8, 4) is 0 Å². The van der Waals surface area contributed by atoms with Gasteiger partial charge < -0.3 is 13.8 Å². The van der Waals surface area contributed by atoms with Crippen molar-refractivity contribution in [2.24, 2.45) is 0 Å². The van der Waals surface area contributed by atoms with Crippen LogP contribution in [0.15, 0.2) is 0 Å². The van der Waals surface area contributed by atoms with Crippen molar-refractivity contribution < 1.29 is 30.3 Å². The molecule has 0 atom stereocenters. The van der Waals surface area contributed by atoms with E-state index in [0.717, 1.165) is 0 Å². The van der Waals surface area contributed by atoms with E-state index in [2.05, 4.69) is 0 Å². The van der Waals surface area contributed by atoms with Crippen molar-refractivity contribution in [1.82, 2.24) is 0 Å². The monoisotopic (exact) mass is 234 g/mol. The van der Waals surface area contributed by atoms with E-state index in [-0.39, 0.29) is 79.2 Å². The summed E-state index contributed by atoms with van der Waals surface area (Å²) < 4.78 is 0. The number of hydrogen-bond acceptors (Lipinski definition) is 0. The molecule has 0 radical (unpaired) electrons. The fraction of sp³-hybridized carbons (Fsp3) is 0. The van der Waals surface area contributed by atoms with Crippen LogP contribution in [-0.4, -0.2) is 59.8 Å². The summed E-state index contributed by atoms with van der Waals surface area (Å²) in [6.07, 6.45) is 0. The van der Waals surface area contributed by atoms with Gasteiger partial charge in [-0.25, -0.2) is 0 Å². The van der Waals surface area contributed by atoms with Crippen LogP contribution in [0.5, 0.6) is 0 Å². The van der Waals surface area contributed by atoms with Crippen LogP contribution in [0.4, 0.5) is 0 Å². The van der Waals surface area contributed by atoms with E-state index in [1.54, 1.807) is 0 Å². The molecule has 0 bridgehead atoms. The molecule has 4 heteroatoms. The first-order chi connectivity index (χ1) is 0. The molecule has 0 rings (SSSR count). The average Bonchev–Trinajstić information content (AvgIpc) is 0. The molecule has 0 saturated carbocycles. The molecule has 0 aliphatic carbocycles. The quantitative estimate of drug-likeness (QED) is 0.444. The van der Waals surface area contributed by atoms with Crippen molar-refractivity contribution >= 4 is 48.9 Å². The van der Waals surface area contributed by atoms with Gasteiger partial charge in [-0.05, 0) is 0 Å². The molecule has 4 N–H and O–H groups in total. The molecule has 0 amide bonds. The molecule has 0 spiro atoms. The normalized spacial score (nSPS) is 0. The minimum atomic E-state index is 0. The van der Waals surface area contributed by atoms with Crippen LogP contribution in [0.25, 0.3) is 0 Å². The van der Waals surface area contributed by atoms with Gasteiger partial charge in [-0.3, -0.25) is 0 Å². The molecule has 0 saturated heterocycles. The van der Waals surface area contributed by atoms with E-state index in [0.29, 0.717) is 0 Å². The zero-order valence-corrected chi connectivity index (χ0v) is 7.45. The first kappa shape index (κ1) is 37.7. The second kappa shape index (κ2) is 20.1. The Bertz CT molecular complexity index is 11.5. The second-order valence-electron chi connectivity index (χ2n) is 0. The predicted octanol–water partition coefficient (Wildman–Crippen LogP) is -1.81. The Labute approximate surface area is 77.9 Å². The molecular formula is H6BaNiO2. The van der Waals surface area contributed by atoms with Crippen molar-refractivity contribution in [3.05, 3.63) is 0 Å². The molecule has 0 heterocycles. The van der Waals surface area contributed by atoms with Gasteiger partial charge in [-0.15, -0.1) is 0 Å². The fourth-order valence-electron chi connectivity index (χ4n) is 0. The van der Waals surface area contributed by atoms with Crippen LogP contribution in [-0.2, 0) is 16.5 Å². The average molecular weight is 234 g/mol. The molecule has 0 aromatic carbocycles. The molecule has 2 nitrogen and oxygen atoms in total. The summed E-state index contributed by atoms with van der Waals surface area (Å²) in [6.45, 7) is 0. The number of rotatable bonds is 0. The second-order valence-corrected chi connectivity index (χ2v) is 0. The number of hydrogen-bond donors (Lipinski definition) is 0. The largest absolute Gasteiger partial charge is 2.00 e. The van der Waals surface area contributed by atoms with Gasteiger partial charge in [-0.1, -0.05) is 0 Å². The standard InChI is InChI=1S/Ba.Ni.2H2O.2H/h;;2*1H2;;/q+2;;;;2*-1. The molecular weight excluding hydrogens is 228 g/mol. The van der Waals surface area contributed by atoms with E-state index >= 15 is 0 Å². The van der Waals surface area contributed by atoms with Gasteiger partial charge in [0.25, 0.3) is 0 Å². The summed E-state index contributed by atoms with van der Waals surface area (Å²) >= 11 is 0. The summed E-state index contributed by atoms with van der Waals surface area (Å²) in [4.78, 5) is 0. The molecule has 0 aromatic rings. The Morgan fingerprint density at radius 3 is 1.00 bits per heavy atom. The van der Waals surface area contributed by atoms with Crippen LogP contribution in [0.2, 0.25) is 0 Å². The summed E-state index contributed by atoms with van der Waals surface area (Å²) in [5.41, 5.74) is 0. The summed E-state index contributed by atoms with van der Waals surface area (Å²) in [5, 5.41) is 0. The van der Waals surface area contributed by atoms with Crippen LogP contribution < -0.4 is 0 Å². The maximum atomic E-state index is 0. The Hall–Kier alpha value is 1.98. The topological polar surface area (TPSA) is 63.0 Å². The Morgan fingerprint density at radius 1 is 1.00 bits per heavy atom. The molecule has 30 valence electrons. The Kier molecular flexibility index (Phi) is 190. The van der Waals surface area contributed by atoms with E-state index in [1.165, 1.54) is 0 Å². The first-order valence-electron chi connectivity index (χ1n) is 0. The van der Waals surface area contributed by atoms with Crippen molar-refractivity contribution in [2.75, 3.05) is 0 Å². The summed E-state index contributed by atoms with van der Waals surface area (Å²) in [6, 6.07) is 0. The van der Waals surface area contributed by atoms with Gasteiger partial charge in [0.15, 0.2) is 0 Å². The summed E-state index contributed by atoms with van der Waals surface area (Å²) in [5.74, 6) is 0.